The van der Waals surface area contributed by atoms with Gasteiger partial charge in [0, 0.05) is 17.2 Å². The number of nitrogens with two attached hydrogens (primary N) is 1. The van der Waals surface area contributed by atoms with Gasteiger partial charge in [-0.25, -0.2) is 9.97 Å². The van der Waals surface area contributed by atoms with Gasteiger partial charge in [-0.2, -0.15) is 0 Å². The van der Waals surface area contributed by atoms with E-state index in [0.29, 0.717) is 11.7 Å². The van der Waals surface area contributed by atoms with E-state index in [0.717, 1.165) is 17.1 Å². The van der Waals surface area contributed by atoms with Crippen LogP contribution in [0.1, 0.15) is 48.7 Å². The van der Waals surface area contributed by atoms with Crippen LogP contribution in [0.3, 0.4) is 0 Å². The Morgan fingerprint density at radius 1 is 1.14 bits per heavy atom. The molecule has 1 aromatic heterocycles. The minimum absolute atomic E-state index is 0.552. The molecule has 1 saturated carbocycles. The minimum Gasteiger partial charge on any atom is -0.383 e. The largest absolute Gasteiger partial charge is 0.383 e. The molecule has 2 rings (SSSR count). The summed E-state index contributed by atoms with van der Waals surface area (Å²) in [5, 5.41) is 0. The zero-order valence-electron chi connectivity index (χ0n) is 8.88. The molecule has 0 spiro atoms. The first kappa shape index (κ1) is 9.44. The van der Waals surface area contributed by atoms with Gasteiger partial charge in [0.1, 0.15) is 11.6 Å². The van der Waals surface area contributed by atoms with Crippen molar-refractivity contribution in [3.05, 3.63) is 17.1 Å². The number of nitrogens with zero attached hydrogens (tertiary/aromatic N) is 2. The van der Waals surface area contributed by atoms with Crippen molar-refractivity contribution in [2.24, 2.45) is 0 Å². The summed E-state index contributed by atoms with van der Waals surface area (Å²) in [6.07, 6.45) is 5.06. The van der Waals surface area contributed by atoms with Crippen LogP contribution in [-0.2, 0) is 0 Å². The number of rotatable bonds is 1. The molecule has 0 saturated heterocycles. The average molecular weight is 191 g/mol. The van der Waals surface area contributed by atoms with Crippen LogP contribution in [0.2, 0.25) is 0 Å². The van der Waals surface area contributed by atoms with Gasteiger partial charge < -0.3 is 5.73 Å². The standard InChI is InChI=1S/C11H17N3/c1-7-8(2)13-11(14-10(7)12)9-5-3-4-6-9/h9H,3-6H2,1-2H3,(H2,12,13,14). The molecule has 0 atom stereocenters. The van der Waals surface area contributed by atoms with E-state index < -0.39 is 0 Å². The molecular weight excluding hydrogens is 174 g/mol. The Kier molecular flexibility index (Phi) is 2.40. The molecule has 0 radical (unpaired) electrons. The second-order valence-corrected chi connectivity index (χ2v) is 4.16. The van der Waals surface area contributed by atoms with Crippen molar-refractivity contribution in [1.82, 2.24) is 9.97 Å². The molecule has 0 bridgehead atoms. The number of hydrogen-bond acceptors (Lipinski definition) is 3. The summed E-state index contributed by atoms with van der Waals surface area (Å²) in [5.41, 5.74) is 7.89. The lowest BCUT2D eigenvalue weighted by Gasteiger charge is -2.11. The summed E-state index contributed by atoms with van der Waals surface area (Å²) in [4.78, 5) is 8.91. The minimum atomic E-state index is 0.552. The van der Waals surface area contributed by atoms with Crippen LogP contribution in [-0.4, -0.2) is 9.97 Å². The van der Waals surface area contributed by atoms with Gasteiger partial charge in [0.25, 0.3) is 0 Å². The maximum absolute atomic E-state index is 5.84. The van der Waals surface area contributed by atoms with Gasteiger partial charge in [0.2, 0.25) is 0 Å². The highest BCUT2D eigenvalue weighted by molar-refractivity contribution is 5.40. The third kappa shape index (κ3) is 1.59. The van der Waals surface area contributed by atoms with Crippen molar-refractivity contribution in [3.63, 3.8) is 0 Å². The molecule has 14 heavy (non-hydrogen) atoms. The van der Waals surface area contributed by atoms with E-state index in [4.69, 9.17) is 5.73 Å². The van der Waals surface area contributed by atoms with E-state index in [1.165, 1.54) is 25.7 Å². The average Bonchev–Trinajstić information content (AvgIpc) is 2.66. The van der Waals surface area contributed by atoms with Gasteiger partial charge in [-0.1, -0.05) is 12.8 Å². The molecule has 0 amide bonds. The zero-order valence-corrected chi connectivity index (χ0v) is 8.88. The quantitative estimate of drug-likeness (QED) is 0.741. The summed E-state index contributed by atoms with van der Waals surface area (Å²) < 4.78 is 0. The van der Waals surface area contributed by atoms with Crippen molar-refractivity contribution in [3.8, 4) is 0 Å². The van der Waals surface area contributed by atoms with Gasteiger partial charge in [-0.15, -0.1) is 0 Å². The van der Waals surface area contributed by atoms with Gasteiger partial charge in [-0.3, -0.25) is 0 Å². The molecule has 3 nitrogen and oxygen atoms in total. The smallest absolute Gasteiger partial charge is 0.134 e. The van der Waals surface area contributed by atoms with Crippen LogP contribution in [0, 0.1) is 13.8 Å². The first-order valence-electron chi connectivity index (χ1n) is 5.29. The highest BCUT2D eigenvalue weighted by atomic mass is 15.0. The number of anilines is 1. The van der Waals surface area contributed by atoms with E-state index in [9.17, 15) is 0 Å². The summed E-state index contributed by atoms with van der Waals surface area (Å²) >= 11 is 0. The van der Waals surface area contributed by atoms with Crippen molar-refractivity contribution in [2.45, 2.75) is 45.4 Å². The number of nitrogen functional groups attached to an aromatic ring is 1. The molecule has 1 aliphatic carbocycles. The van der Waals surface area contributed by atoms with Crippen LogP contribution in [0.25, 0.3) is 0 Å². The van der Waals surface area contributed by atoms with Gasteiger partial charge in [-0.05, 0) is 26.7 Å². The molecule has 0 aliphatic heterocycles. The van der Waals surface area contributed by atoms with Crippen molar-refractivity contribution < 1.29 is 0 Å². The summed E-state index contributed by atoms with van der Waals surface area (Å²) in [5.74, 6) is 2.17. The maximum Gasteiger partial charge on any atom is 0.134 e. The maximum atomic E-state index is 5.84. The number of aryl methyl sites for hydroxylation is 1. The summed E-state index contributed by atoms with van der Waals surface area (Å²) in [7, 11) is 0. The second-order valence-electron chi connectivity index (χ2n) is 4.16. The Balaban J connectivity index is 2.34. The lowest BCUT2D eigenvalue weighted by Crippen LogP contribution is -2.07. The fourth-order valence-electron chi connectivity index (χ4n) is 2.04. The van der Waals surface area contributed by atoms with Gasteiger partial charge in [0.05, 0.1) is 0 Å². The lowest BCUT2D eigenvalue weighted by molar-refractivity contribution is 0.664. The molecule has 3 heteroatoms. The second kappa shape index (κ2) is 3.56. The summed E-state index contributed by atoms with van der Waals surface area (Å²) in [6, 6.07) is 0. The van der Waals surface area contributed by atoms with E-state index in [1.807, 2.05) is 13.8 Å². The molecule has 2 N–H and O–H groups in total. The molecule has 0 aromatic carbocycles. The van der Waals surface area contributed by atoms with Gasteiger partial charge in [0.15, 0.2) is 0 Å². The first-order chi connectivity index (χ1) is 6.68. The predicted molar refractivity (Wildman–Crippen MR) is 57.1 cm³/mol. The third-order valence-electron chi connectivity index (χ3n) is 3.16. The Hall–Kier alpha value is -1.12. The Labute approximate surface area is 84.8 Å². The highest BCUT2D eigenvalue weighted by Crippen LogP contribution is 2.32. The fourth-order valence-corrected chi connectivity index (χ4v) is 2.04. The van der Waals surface area contributed by atoms with Crippen LogP contribution in [0.5, 0.6) is 0 Å². The van der Waals surface area contributed by atoms with Crippen molar-refractivity contribution in [2.75, 3.05) is 5.73 Å². The molecule has 1 aliphatic rings. The predicted octanol–water partition coefficient (Wildman–Crippen LogP) is 2.33. The molecule has 1 fully saturated rings. The molecule has 0 unspecified atom stereocenters. The van der Waals surface area contributed by atoms with E-state index in [-0.39, 0.29) is 0 Å². The van der Waals surface area contributed by atoms with Crippen LogP contribution >= 0.6 is 0 Å². The lowest BCUT2D eigenvalue weighted by atomic mass is 10.1. The Morgan fingerprint density at radius 3 is 2.36 bits per heavy atom. The highest BCUT2D eigenvalue weighted by Gasteiger charge is 2.20. The molecule has 76 valence electrons. The Bertz CT molecular complexity index is 317. The Morgan fingerprint density at radius 2 is 1.79 bits per heavy atom. The normalized spacial score (nSPS) is 17.6. The number of aromatic nitrogens is 2. The van der Waals surface area contributed by atoms with Crippen LogP contribution < -0.4 is 5.73 Å². The SMILES string of the molecule is Cc1nc(C2CCCC2)nc(N)c1C. The summed E-state index contributed by atoms with van der Waals surface area (Å²) in [6.45, 7) is 3.98. The van der Waals surface area contributed by atoms with E-state index in [2.05, 4.69) is 9.97 Å². The molecule has 1 aromatic rings. The topological polar surface area (TPSA) is 51.8 Å². The van der Waals surface area contributed by atoms with Crippen LogP contribution in [0.4, 0.5) is 5.82 Å². The third-order valence-corrected chi connectivity index (χ3v) is 3.16. The number of hydrogen-bond donors (Lipinski definition) is 1. The molecular formula is C11H17N3. The van der Waals surface area contributed by atoms with E-state index in [1.54, 1.807) is 0 Å². The van der Waals surface area contributed by atoms with Crippen LogP contribution in [0.15, 0.2) is 0 Å². The van der Waals surface area contributed by atoms with Crippen molar-refractivity contribution >= 4 is 5.82 Å². The fraction of sp³-hybridized carbons (Fsp3) is 0.636. The molecule has 1 heterocycles. The van der Waals surface area contributed by atoms with E-state index >= 15 is 0 Å². The first-order valence-corrected chi connectivity index (χ1v) is 5.29. The van der Waals surface area contributed by atoms with Crippen molar-refractivity contribution in [1.29, 1.82) is 0 Å². The monoisotopic (exact) mass is 191 g/mol. The zero-order chi connectivity index (χ0) is 10.1. The van der Waals surface area contributed by atoms with Gasteiger partial charge >= 0.3 is 0 Å².